The van der Waals surface area contributed by atoms with Crippen LogP contribution in [-0.4, -0.2) is 35.7 Å². The van der Waals surface area contributed by atoms with Crippen LogP contribution in [0.5, 0.6) is 0 Å². The Balaban J connectivity index is 1.94. The van der Waals surface area contributed by atoms with E-state index < -0.39 is 16.0 Å². The first-order chi connectivity index (χ1) is 14.2. The minimum Gasteiger partial charge on any atom is -0.481 e. The van der Waals surface area contributed by atoms with E-state index in [2.05, 4.69) is 14.7 Å². The topological polar surface area (TPSA) is 132 Å². The van der Waals surface area contributed by atoms with Gasteiger partial charge < -0.3 is 15.1 Å². The van der Waals surface area contributed by atoms with Crippen molar-refractivity contribution in [2.75, 3.05) is 11.0 Å². The molecule has 0 fully saturated rings. The van der Waals surface area contributed by atoms with Gasteiger partial charge in [-0.2, -0.15) is 0 Å². The predicted molar refractivity (Wildman–Crippen MR) is 116 cm³/mol. The molecular weight excluding hydrogens is 406 g/mol. The summed E-state index contributed by atoms with van der Waals surface area (Å²) in [6, 6.07) is 12.5. The number of hydrogen-bond acceptors (Lipinski definition) is 4. The van der Waals surface area contributed by atoms with Gasteiger partial charge in [-0.1, -0.05) is 24.3 Å². The Hall–Kier alpha value is -3.59. The molecular formula is C21H19N3O5S. The molecule has 8 nitrogen and oxygen atoms in total. The number of carboxylic acids is 1. The summed E-state index contributed by atoms with van der Waals surface area (Å²) >= 11 is 0. The van der Waals surface area contributed by atoms with E-state index in [1.54, 1.807) is 36.5 Å². The van der Waals surface area contributed by atoms with E-state index in [1.807, 2.05) is 12.1 Å². The molecule has 0 saturated heterocycles. The number of sulfonamides is 1. The van der Waals surface area contributed by atoms with Crippen LogP contribution >= 0.6 is 0 Å². The number of carboxylic acid groups (broad SMARTS) is 1. The molecule has 30 heavy (non-hydrogen) atoms. The Morgan fingerprint density at radius 1 is 1.17 bits per heavy atom. The molecule has 2 aromatic carbocycles. The van der Waals surface area contributed by atoms with Crippen molar-refractivity contribution >= 4 is 43.5 Å². The zero-order valence-electron chi connectivity index (χ0n) is 16.0. The minimum absolute atomic E-state index is 0.0535. The van der Waals surface area contributed by atoms with Gasteiger partial charge in [0.2, 0.25) is 10.0 Å². The number of carbonyl (C=O) groups is 1. The van der Waals surface area contributed by atoms with Gasteiger partial charge in [0.25, 0.3) is 5.56 Å². The van der Waals surface area contributed by atoms with Crippen LogP contribution in [0.2, 0.25) is 0 Å². The fraction of sp³-hybridized carbons (Fsp3) is 0.143. The molecule has 0 radical (unpaired) electrons. The first-order valence-corrected chi connectivity index (χ1v) is 11.1. The van der Waals surface area contributed by atoms with Gasteiger partial charge in [-0.15, -0.1) is 0 Å². The SMILES string of the molecule is CS(=O)(=O)Nc1ccccc1-c1ccc2[nH]c(=O)c3[nH]cc(CCC(=O)O)c3c2c1. The Morgan fingerprint density at radius 3 is 2.67 bits per heavy atom. The van der Waals surface area contributed by atoms with Crippen molar-refractivity contribution < 1.29 is 18.3 Å². The maximum Gasteiger partial charge on any atom is 0.303 e. The van der Waals surface area contributed by atoms with Crippen LogP contribution in [0.3, 0.4) is 0 Å². The van der Waals surface area contributed by atoms with Crippen molar-refractivity contribution in [3.63, 3.8) is 0 Å². The molecule has 0 aliphatic carbocycles. The number of aryl methyl sites for hydroxylation is 1. The van der Waals surface area contributed by atoms with Crippen LogP contribution in [0.4, 0.5) is 5.69 Å². The van der Waals surface area contributed by atoms with Gasteiger partial charge in [0.15, 0.2) is 0 Å². The fourth-order valence-electron chi connectivity index (χ4n) is 3.63. The number of fused-ring (bicyclic) bond motifs is 3. The highest BCUT2D eigenvalue weighted by atomic mass is 32.2. The second-order valence-electron chi connectivity index (χ2n) is 7.09. The third kappa shape index (κ3) is 3.79. The molecule has 0 atom stereocenters. The van der Waals surface area contributed by atoms with Gasteiger partial charge in [0.05, 0.1) is 11.9 Å². The number of aromatic nitrogens is 2. The number of H-pyrrole nitrogens is 2. The summed E-state index contributed by atoms with van der Waals surface area (Å²) in [4.78, 5) is 29.2. The summed E-state index contributed by atoms with van der Waals surface area (Å²) in [5, 5.41) is 10.5. The van der Waals surface area contributed by atoms with E-state index >= 15 is 0 Å². The lowest BCUT2D eigenvalue weighted by atomic mass is 9.98. The number of aliphatic carboxylic acids is 1. The molecule has 2 heterocycles. The lowest BCUT2D eigenvalue weighted by molar-refractivity contribution is -0.136. The second kappa shape index (κ2) is 7.34. The molecule has 4 rings (SSSR count). The van der Waals surface area contributed by atoms with Crippen molar-refractivity contribution in [2.24, 2.45) is 0 Å². The average Bonchev–Trinajstić information content (AvgIpc) is 3.10. The van der Waals surface area contributed by atoms with Gasteiger partial charge in [0.1, 0.15) is 5.52 Å². The number of aromatic amines is 2. The zero-order chi connectivity index (χ0) is 21.5. The van der Waals surface area contributed by atoms with Crippen LogP contribution in [0, 0.1) is 0 Å². The van der Waals surface area contributed by atoms with Crippen LogP contribution in [0.1, 0.15) is 12.0 Å². The lowest BCUT2D eigenvalue weighted by Crippen LogP contribution is -2.10. The molecule has 0 aliphatic rings. The first kappa shape index (κ1) is 19.7. The molecule has 0 saturated carbocycles. The standard InChI is InChI=1S/C21H19N3O5S/c1-30(28,29)24-17-5-3-2-4-14(17)12-6-8-16-15(10-12)19-13(7-9-18(25)26)11-22-20(19)21(27)23-16/h2-6,8,10-11,22,24H,7,9H2,1H3,(H,23,27)(H,25,26). The van der Waals surface area contributed by atoms with E-state index in [0.717, 1.165) is 22.8 Å². The van der Waals surface area contributed by atoms with Crippen LogP contribution < -0.4 is 10.3 Å². The molecule has 0 aliphatic heterocycles. The minimum atomic E-state index is -3.46. The first-order valence-electron chi connectivity index (χ1n) is 9.18. The van der Waals surface area contributed by atoms with Crippen LogP contribution in [-0.2, 0) is 21.2 Å². The van der Waals surface area contributed by atoms with Gasteiger partial charge >= 0.3 is 5.97 Å². The maximum atomic E-state index is 12.4. The summed E-state index contributed by atoms with van der Waals surface area (Å²) < 4.78 is 26.0. The lowest BCUT2D eigenvalue weighted by Gasteiger charge is -2.12. The molecule has 4 N–H and O–H groups in total. The maximum absolute atomic E-state index is 12.4. The zero-order valence-corrected chi connectivity index (χ0v) is 16.8. The second-order valence-corrected chi connectivity index (χ2v) is 8.84. The van der Waals surface area contributed by atoms with Crippen LogP contribution in [0.25, 0.3) is 32.9 Å². The number of para-hydroxylation sites is 1. The van der Waals surface area contributed by atoms with E-state index in [1.165, 1.54) is 0 Å². The average molecular weight is 425 g/mol. The number of hydrogen-bond donors (Lipinski definition) is 4. The fourth-order valence-corrected chi connectivity index (χ4v) is 4.20. The van der Waals surface area contributed by atoms with Gasteiger partial charge in [0, 0.05) is 34.5 Å². The van der Waals surface area contributed by atoms with E-state index in [4.69, 9.17) is 5.11 Å². The Labute approximate surface area is 171 Å². The Bertz CT molecular complexity index is 1450. The molecule has 9 heteroatoms. The molecule has 154 valence electrons. The highest BCUT2D eigenvalue weighted by Gasteiger charge is 2.15. The smallest absolute Gasteiger partial charge is 0.303 e. The van der Waals surface area contributed by atoms with Gasteiger partial charge in [-0.25, -0.2) is 8.42 Å². The van der Waals surface area contributed by atoms with Crippen molar-refractivity contribution in [1.82, 2.24) is 9.97 Å². The third-order valence-electron chi connectivity index (χ3n) is 4.87. The molecule has 0 bridgehead atoms. The molecule has 4 aromatic rings. The van der Waals surface area contributed by atoms with Crippen molar-refractivity contribution in [3.8, 4) is 11.1 Å². The largest absolute Gasteiger partial charge is 0.481 e. The van der Waals surface area contributed by atoms with Crippen molar-refractivity contribution in [3.05, 3.63) is 64.6 Å². The van der Waals surface area contributed by atoms with E-state index in [0.29, 0.717) is 27.7 Å². The number of anilines is 1. The van der Waals surface area contributed by atoms with Crippen molar-refractivity contribution in [1.29, 1.82) is 0 Å². The quantitative estimate of drug-likeness (QED) is 0.377. The predicted octanol–water partition coefficient (Wildman–Crippen LogP) is 3.07. The highest BCUT2D eigenvalue weighted by molar-refractivity contribution is 7.92. The molecule has 0 amide bonds. The third-order valence-corrected chi connectivity index (χ3v) is 5.46. The van der Waals surface area contributed by atoms with Gasteiger partial charge in [-0.3, -0.25) is 14.3 Å². The molecule has 0 unspecified atom stereocenters. The molecule has 2 aromatic heterocycles. The monoisotopic (exact) mass is 425 g/mol. The normalized spacial score (nSPS) is 11.8. The Morgan fingerprint density at radius 2 is 1.93 bits per heavy atom. The number of benzene rings is 2. The Kier molecular flexibility index (Phi) is 4.83. The summed E-state index contributed by atoms with van der Waals surface area (Å²) in [5.74, 6) is -0.917. The van der Waals surface area contributed by atoms with E-state index in [-0.39, 0.29) is 18.4 Å². The number of rotatable bonds is 6. The highest BCUT2D eigenvalue weighted by Crippen LogP contribution is 2.33. The number of pyridine rings is 1. The summed E-state index contributed by atoms with van der Waals surface area (Å²) in [7, 11) is -3.46. The van der Waals surface area contributed by atoms with E-state index in [9.17, 15) is 18.0 Å². The summed E-state index contributed by atoms with van der Waals surface area (Å²) in [6.07, 6.45) is 2.98. The molecule has 0 spiro atoms. The van der Waals surface area contributed by atoms with Crippen molar-refractivity contribution in [2.45, 2.75) is 12.8 Å². The summed E-state index contributed by atoms with van der Waals surface area (Å²) in [6.45, 7) is 0. The van der Waals surface area contributed by atoms with Gasteiger partial charge in [-0.05, 0) is 35.7 Å². The number of nitrogens with one attached hydrogen (secondary N) is 3. The van der Waals surface area contributed by atoms with Crippen LogP contribution in [0.15, 0.2) is 53.5 Å². The summed E-state index contributed by atoms with van der Waals surface area (Å²) in [5.41, 5.74) is 3.33.